The van der Waals surface area contributed by atoms with E-state index in [1.54, 1.807) is 13.0 Å². The number of benzene rings is 1. The zero-order chi connectivity index (χ0) is 13.8. The molecule has 0 amide bonds. The molecule has 5 heteroatoms. The monoisotopic (exact) mass is 253 g/mol. The van der Waals surface area contributed by atoms with E-state index in [4.69, 9.17) is 10.5 Å². The Morgan fingerprint density at radius 2 is 2.06 bits per heavy atom. The highest BCUT2D eigenvalue weighted by molar-refractivity contribution is 5.80. The summed E-state index contributed by atoms with van der Waals surface area (Å²) in [4.78, 5) is 11.7. The summed E-state index contributed by atoms with van der Waals surface area (Å²) in [6.07, 6.45) is 0.963. The number of esters is 1. The molecule has 0 heterocycles. The smallest absolute Gasteiger partial charge is 0.326 e. The zero-order valence-electron chi connectivity index (χ0n) is 10.6. The molecule has 0 radical (unpaired) electrons. The molecule has 1 aromatic carbocycles. The third-order valence-electron chi connectivity index (χ3n) is 2.51. The normalized spacial score (nSPS) is 13.9. The van der Waals surface area contributed by atoms with Crippen molar-refractivity contribution in [1.29, 1.82) is 0 Å². The maximum Gasteiger partial charge on any atom is 0.326 e. The van der Waals surface area contributed by atoms with Crippen molar-refractivity contribution < 1.29 is 19.7 Å². The third-order valence-corrected chi connectivity index (χ3v) is 2.51. The van der Waals surface area contributed by atoms with Gasteiger partial charge < -0.3 is 20.7 Å². The predicted molar refractivity (Wildman–Crippen MR) is 67.3 cm³/mol. The molecule has 4 N–H and O–H groups in total. The molecule has 0 aliphatic heterocycles. The van der Waals surface area contributed by atoms with Gasteiger partial charge in [0.2, 0.25) is 0 Å². The molecule has 18 heavy (non-hydrogen) atoms. The van der Waals surface area contributed by atoms with Crippen molar-refractivity contribution in [2.24, 2.45) is 5.73 Å². The van der Waals surface area contributed by atoms with E-state index in [1.165, 1.54) is 12.1 Å². The first-order valence-corrected chi connectivity index (χ1v) is 5.84. The minimum atomic E-state index is -1.15. The summed E-state index contributed by atoms with van der Waals surface area (Å²) < 4.78 is 5.01. The lowest BCUT2D eigenvalue weighted by Crippen LogP contribution is -2.48. The first-order chi connectivity index (χ1) is 8.36. The van der Waals surface area contributed by atoms with Crippen LogP contribution in [-0.2, 0) is 16.0 Å². The minimum absolute atomic E-state index is 0.203. The van der Waals surface area contributed by atoms with Crippen LogP contribution in [0.15, 0.2) is 18.2 Å². The highest BCUT2D eigenvalue weighted by Crippen LogP contribution is 2.26. The van der Waals surface area contributed by atoms with Gasteiger partial charge in [-0.3, -0.25) is 4.79 Å². The summed E-state index contributed by atoms with van der Waals surface area (Å²) in [7, 11) is 0. The number of phenols is 2. The molecule has 0 bridgehead atoms. The zero-order valence-corrected chi connectivity index (χ0v) is 10.6. The van der Waals surface area contributed by atoms with Gasteiger partial charge in [-0.05, 0) is 31.0 Å². The van der Waals surface area contributed by atoms with Crippen LogP contribution >= 0.6 is 0 Å². The van der Waals surface area contributed by atoms with Crippen LogP contribution in [0.4, 0.5) is 0 Å². The van der Waals surface area contributed by atoms with Gasteiger partial charge in [0.25, 0.3) is 0 Å². The number of nitrogens with two attached hydrogens (primary N) is 1. The summed E-state index contributed by atoms with van der Waals surface area (Å²) in [6.45, 7) is 3.82. The van der Waals surface area contributed by atoms with Gasteiger partial charge >= 0.3 is 5.97 Å². The Morgan fingerprint density at radius 1 is 1.39 bits per heavy atom. The molecule has 1 atom stereocenters. The Morgan fingerprint density at radius 3 is 2.61 bits per heavy atom. The Bertz CT molecular complexity index is 429. The van der Waals surface area contributed by atoms with Crippen molar-refractivity contribution >= 4 is 5.97 Å². The number of hydrogen-bond acceptors (Lipinski definition) is 5. The van der Waals surface area contributed by atoms with Crippen molar-refractivity contribution in [1.82, 2.24) is 0 Å². The molecule has 5 nitrogen and oxygen atoms in total. The van der Waals surface area contributed by atoms with Gasteiger partial charge in [-0.1, -0.05) is 13.0 Å². The van der Waals surface area contributed by atoms with Gasteiger partial charge in [0.05, 0.1) is 6.61 Å². The summed E-state index contributed by atoms with van der Waals surface area (Å²) >= 11 is 0. The molecule has 1 aromatic rings. The highest BCUT2D eigenvalue weighted by atomic mass is 16.5. The standard InChI is InChI=1S/C13H19NO4/c1-3-6-18-12(17)13(2,14)8-9-4-5-10(15)11(16)7-9/h4-5,7,15-16H,3,6,8,14H2,1-2H3/t13-/m0/s1. The van der Waals surface area contributed by atoms with Crippen LogP contribution in [0.5, 0.6) is 11.5 Å². The summed E-state index contributed by atoms with van der Waals surface area (Å²) in [5.41, 5.74) is 5.40. The first kappa shape index (κ1) is 14.3. The molecule has 0 aromatic heterocycles. The summed E-state index contributed by atoms with van der Waals surface area (Å²) in [6, 6.07) is 4.35. The molecular formula is C13H19NO4. The second-order valence-electron chi connectivity index (χ2n) is 4.55. The van der Waals surface area contributed by atoms with Crippen LogP contribution in [0, 0.1) is 0 Å². The number of hydrogen-bond donors (Lipinski definition) is 3. The molecule has 0 aliphatic carbocycles. The van der Waals surface area contributed by atoms with Gasteiger partial charge in [-0.15, -0.1) is 0 Å². The van der Waals surface area contributed by atoms with Crippen LogP contribution in [-0.4, -0.2) is 28.3 Å². The van der Waals surface area contributed by atoms with Gasteiger partial charge in [-0.25, -0.2) is 0 Å². The maximum atomic E-state index is 11.7. The molecule has 0 fully saturated rings. The Balaban J connectivity index is 2.75. The van der Waals surface area contributed by atoms with Crippen LogP contribution in [0.2, 0.25) is 0 Å². The van der Waals surface area contributed by atoms with E-state index in [0.29, 0.717) is 12.2 Å². The number of rotatable bonds is 5. The molecule has 0 saturated heterocycles. The lowest BCUT2D eigenvalue weighted by molar-refractivity contribution is -0.149. The first-order valence-electron chi connectivity index (χ1n) is 5.84. The van der Waals surface area contributed by atoms with Crippen LogP contribution in [0.3, 0.4) is 0 Å². The van der Waals surface area contributed by atoms with Crippen molar-refractivity contribution in [3.63, 3.8) is 0 Å². The van der Waals surface area contributed by atoms with Crippen LogP contribution in [0.1, 0.15) is 25.8 Å². The predicted octanol–water partition coefficient (Wildman–Crippen LogP) is 1.31. The second-order valence-corrected chi connectivity index (χ2v) is 4.55. The molecule has 100 valence electrons. The molecular weight excluding hydrogens is 234 g/mol. The number of phenolic OH excluding ortho intramolecular Hbond substituents is 2. The number of aromatic hydroxyl groups is 2. The quantitative estimate of drug-likeness (QED) is 0.543. The van der Waals surface area contributed by atoms with Gasteiger partial charge in [-0.2, -0.15) is 0 Å². The van der Waals surface area contributed by atoms with E-state index in [9.17, 15) is 15.0 Å². The molecule has 0 aliphatic rings. The number of carbonyl (C=O) groups excluding carboxylic acids is 1. The van der Waals surface area contributed by atoms with Gasteiger partial charge in [0.15, 0.2) is 11.5 Å². The van der Waals surface area contributed by atoms with E-state index in [2.05, 4.69) is 0 Å². The lowest BCUT2D eigenvalue weighted by atomic mass is 9.94. The molecule has 0 unspecified atom stereocenters. The van der Waals surface area contributed by atoms with Crippen molar-refractivity contribution in [3.05, 3.63) is 23.8 Å². The topological polar surface area (TPSA) is 92.8 Å². The largest absolute Gasteiger partial charge is 0.504 e. The molecule has 0 spiro atoms. The second kappa shape index (κ2) is 5.73. The van der Waals surface area contributed by atoms with Gasteiger partial charge in [0, 0.05) is 6.42 Å². The fourth-order valence-corrected chi connectivity index (χ4v) is 1.53. The van der Waals surface area contributed by atoms with Crippen LogP contribution in [0.25, 0.3) is 0 Å². The van der Waals surface area contributed by atoms with E-state index in [-0.39, 0.29) is 17.9 Å². The van der Waals surface area contributed by atoms with E-state index < -0.39 is 11.5 Å². The maximum absolute atomic E-state index is 11.7. The van der Waals surface area contributed by atoms with E-state index >= 15 is 0 Å². The SMILES string of the molecule is CCCOC(=O)[C@@](C)(N)Cc1ccc(O)c(O)c1. The molecule has 0 saturated carbocycles. The van der Waals surface area contributed by atoms with Crippen molar-refractivity contribution in [2.75, 3.05) is 6.61 Å². The van der Waals surface area contributed by atoms with E-state index in [1.807, 2.05) is 6.92 Å². The Hall–Kier alpha value is -1.75. The molecule has 1 rings (SSSR count). The fourth-order valence-electron chi connectivity index (χ4n) is 1.53. The van der Waals surface area contributed by atoms with Gasteiger partial charge in [0.1, 0.15) is 5.54 Å². The minimum Gasteiger partial charge on any atom is -0.504 e. The summed E-state index contributed by atoms with van der Waals surface area (Å²) in [5.74, 6) is -0.909. The van der Waals surface area contributed by atoms with Crippen molar-refractivity contribution in [3.8, 4) is 11.5 Å². The average Bonchev–Trinajstić information content (AvgIpc) is 2.30. The van der Waals surface area contributed by atoms with Crippen LogP contribution < -0.4 is 5.73 Å². The van der Waals surface area contributed by atoms with E-state index in [0.717, 1.165) is 6.42 Å². The lowest BCUT2D eigenvalue weighted by Gasteiger charge is -2.22. The Labute approximate surface area is 106 Å². The fraction of sp³-hybridized carbons (Fsp3) is 0.462. The van der Waals surface area contributed by atoms with Crippen molar-refractivity contribution in [2.45, 2.75) is 32.2 Å². The highest BCUT2D eigenvalue weighted by Gasteiger charge is 2.30. The number of carbonyl (C=O) groups is 1. The Kier molecular flexibility index (Phi) is 4.55. The summed E-state index contributed by atoms with van der Waals surface area (Å²) in [5, 5.41) is 18.6. The number of ether oxygens (including phenoxy) is 1. The third kappa shape index (κ3) is 3.63. The average molecular weight is 253 g/mol.